The van der Waals surface area contributed by atoms with Crippen molar-refractivity contribution in [3.05, 3.63) is 18.3 Å². The molecule has 0 bridgehead atoms. The predicted molar refractivity (Wildman–Crippen MR) is 86.2 cm³/mol. The van der Waals surface area contributed by atoms with Crippen molar-refractivity contribution in [2.75, 3.05) is 38.2 Å². The van der Waals surface area contributed by atoms with Gasteiger partial charge < -0.3 is 14.5 Å². The van der Waals surface area contributed by atoms with E-state index >= 15 is 0 Å². The number of ether oxygens (including phenoxy) is 1. The van der Waals surface area contributed by atoms with Gasteiger partial charge in [0.25, 0.3) is 0 Å². The van der Waals surface area contributed by atoms with E-state index in [4.69, 9.17) is 4.74 Å². The van der Waals surface area contributed by atoms with Crippen molar-refractivity contribution in [1.82, 2.24) is 9.88 Å². The van der Waals surface area contributed by atoms with Gasteiger partial charge in [0.1, 0.15) is 0 Å². The lowest BCUT2D eigenvalue weighted by atomic mass is 9.88. The molecule has 1 saturated heterocycles. The average Bonchev–Trinajstić information content (AvgIpc) is 2.62. The second kappa shape index (κ2) is 6.99. The fourth-order valence-corrected chi connectivity index (χ4v) is 3.50. The number of aromatic nitrogens is 1. The van der Waals surface area contributed by atoms with Gasteiger partial charge in [-0.1, -0.05) is 19.3 Å². The number of amides is 1. The van der Waals surface area contributed by atoms with Crippen LogP contribution in [0, 0.1) is 5.92 Å². The first-order valence-electron chi connectivity index (χ1n) is 8.31. The van der Waals surface area contributed by atoms with Gasteiger partial charge in [-0.05, 0) is 18.9 Å². The molecule has 0 unspecified atom stereocenters. The summed E-state index contributed by atoms with van der Waals surface area (Å²) in [5.74, 6) is 1.30. The molecule has 0 aromatic carbocycles. The van der Waals surface area contributed by atoms with Crippen LogP contribution in [-0.2, 0) is 4.79 Å². The van der Waals surface area contributed by atoms with Gasteiger partial charge >= 0.3 is 0 Å². The van der Waals surface area contributed by atoms with Crippen LogP contribution < -0.4 is 9.64 Å². The van der Waals surface area contributed by atoms with Gasteiger partial charge in [-0.2, -0.15) is 0 Å². The maximum atomic E-state index is 12.6. The monoisotopic (exact) mass is 303 g/mol. The van der Waals surface area contributed by atoms with Crippen LogP contribution in [0.25, 0.3) is 0 Å². The van der Waals surface area contributed by atoms with E-state index in [0.29, 0.717) is 11.8 Å². The summed E-state index contributed by atoms with van der Waals surface area (Å²) in [5.41, 5.74) is 1.12. The molecular formula is C17H25N3O2. The Morgan fingerprint density at radius 3 is 2.59 bits per heavy atom. The highest BCUT2D eigenvalue weighted by atomic mass is 16.5. The molecule has 1 saturated carbocycles. The van der Waals surface area contributed by atoms with Crippen molar-refractivity contribution < 1.29 is 9.53 Å². The van der Waals surface area contributed by atoms with Crippen molar-refractivity contribution in [2.45, 2.75) is 32.1 Å². The average molecular weight is 303 g/mol. The third-order valence-corrected chi connectivity index (χ3v) is 4.84. The molecule has 1 amide bonds. The van der Waals surface area contributed by atoms with Crippen LogP contribution in [0.4, 0.5) is 5.69 Å². The molecule has 1 aliphatic carbocycles. The van der Waals surface area contributed by atoms with E-state index in [1.807, 2.05) is 12.1 Å². The molecule has 0 spiro atoms. The first-order valence-corrected chi connectivity index (χ1v) is 8.31. The number of carbonyl (C=O) groups is 1. The number of hydrogen-bond acceptors (Lipinski definition) is 4. The van der Waals surface area contributed by atoms with Gasteiger partial charge in [0.15, 0.2) is 0 Å². The Hall–Kier alpha value is -1.78. The number of methoxy groups -OCH3 is 1. The number of rotatable bonds is 3. The van der Waals surface area contributed by atoms with Gasteiger partial charge in [0.2, 0.25) is 11.8 Å². The predicted octanol–water partition coefficient (Wildman–Crippen LogP) is 2.32. The summed E-state index contributed by atoms with van der Waals surface area (Å²) in [6.45, 7) is 3.40. The van der Waals surface area contributed by atoms with Crippen LogP contribution in [-0.4, -0.2) is 49.1 Å². The Morgan fingerprint density at radius 1 is 1.18 bits per heavy atom. The summed E-state index contributed by atoms with van der Waals surface area (Å²) in [4.78, 5) is 21.1. The zero-order valence-electron chi connectivity index (χ0n) is 13.3. The lowest BCUT2D eigenvalue weighted by molar-refractivity contribution is -0.136. The van der Waals surface area contributed by atoms with E-state index in [-0.39, 0.29) is 5.92 Å². The third-order valence-electron chi connectivity index (χ3n) is 4.84. The number of anilines is 1. The van der Waals surface area contributed by atoms with E-state index in [1.165, 1.54) is 19.3 Å². The molecule has 5 heteroatoms. The van der Waals surface area contributed by atoms with E-state index in [9.17, 15) is 4.79 Å². The molecule has 22 heavy (non-hydrogen) atoms. The molecule has 2 aliphatic rings. The zero-order valence-corrected chi connectivity index (χ0v) is 13.3. The summed E-state index contributed by atoms with van der Waals surface area (Å²) < 4.78 is 5.18. The van der Waals surface area contributed by atoms with Crippen LogP contribution in [0.2, 0.25) is 0 Å². The van der Waals surface area contributed by atoms with E-state index in [1.54, 1.807) is 13.3 Å². The number of carbonyl (C=O) groups excluding carboxylic acids is 1. The van der Waals surface area contributed by atoms with Gasteiger partial charge in [0.05, 0.1) is 7.11 Å². The highest BCUT2D eigenvalue weighted by Gasteiger charge is 2.28. The summed E-state index contributed by atoms with van der Waals surface area (Å²) in [6, 6.07) is 3.96. The lowest BCUT2D eigenvalue weighted by Gasteiger charge is -2.38. The quantitative estimate of drug-likeness (QED) is 0.859. The van der Waals surface area contributed by atoms with Crippen LogP contribution >= 0.6 is 0 Å². The Balaban J connectivity index is 1.56. The SMILES string of the molecule is COc1cc(N2CCN(C(=O)C3CCCCC3)CC2)ccn1. The minimum absolute atomic E-state index is 0.279. The minimum atomic E-state index is 0.279. The summed E-state index contributed by atoms with van der Waals surface area (Å²) in [7, 11) is 1.63. The topological polar surface area (TPSA) is 45.7 Å². The van der Waals surface area contributed by atoms with Crippen LogP contribution in [0.5, 0.6) is 5.88 Å². The number of hydrogen-bond donors (Lipinski definition) is 0. The second-order valence-corrected chi connectivity index (χ2v) is 6.20. The Morgan fingerprint density at radius 2 is 1.91 bits per heavy atom. The fraction of sp³-hybridized carbons (Fsp3) is 0.647. The first-order chi connectivity index (χ1) is 10.8. The second-order valence-electron chi connectivity index (χ2n) is 6.20. The maximum Gasteiger partial charge on any atom is 0.225 e. The van der Waals surface area contributed by atoms with E-state index < -0.39 is 0 Å². The van der Waals surface area contributed by atoms with Gasteiger partial charge in [-0.25, -0.2) is 4.98 Å². The van der Waals surface area contributed by atoms with Crippen LogP contribution in [0.1, 0.15) is 32.1 Å². The largest absolute Gasteiger partial charge is 0.481 e. The van der Waals surface area contributed by atoms with E-state index in [0.717, 1.165) is 44.7 Å². The van der Waals surface area contributed by atoms with Crippen molar-refractivity contribution >= 4 is 11.6 Å². The Kier molecular flexibility index (Phi) is 4.80. The molecule has 3 rings (SSSR count). The Labute approximate surface area is 132 Å². The molecule has 0 N–H and O–H groups in total. The number of piperazine rings is 1. The molecule has 2 fully saturated rings. The number of nitrogens with zero attached hydrogens (tertiary/aromatic N) is 3. The molecule has 120 valence electrons. The van der Waals surface area contributed by atoms with Crippen molar-refractivity contribution in [3.63, 3.8) is 0 Å². The lowest BCUT2D eigenvalue weighted by Crippen LogP contribution is -2.50. The standard InChI is InChI=1S/C17H25N3O2/c1-22-16-13-15(7-8-18-16)19-9-11-20(12-10-19)17(21)14-5-3-2-4-6-14/h7-8,13-14H,2-6,9-12H2,1H3. The van der Waals surface area contributed by atoms with Gasteiger partial charge in [-0.3, -0.25) is 4.79 Å². The van der Waals surface area contributed by atoms with Crippen molar-refractivity contribution in [3.8, 4) is 5.88 Å². The van der Waals surface area contributed by atoms with Crippen LogP contribution in [0.3, 0.4) is 0 Å². The first kappa shape index (κ1) is 15.1. The molecule has 5 nitrogen and oxygen atoms in total. The number of pyridine rings is 1. The molecule has 1 aromatic rings. The highest BCUT2D eigenvalue weighted by Crippen LogP contribution is 2.26. The zero-order chi connectivity index (χ0) is 15.4. The summed E-state index contributed by atoms with van der Waals surface area (Å²) in [5, 5.41) is 0. The highest BCUT2D eigenvalue weighted by molar-refractivity contribution is 5.79. The molecular weight excluding hydrogens is 278 g/mol. The smallest absolute Gasteiger partial charge is 0.225 e. The van der Waals surface area contributed by atoms with Crippen LogP contribution in [0.15, 0.2) is 18.3 Å². The summed E-state index contributed by atoms with van der Waals surface area (Å²) in [6.07, 6.45) is 7.66. The van der Waals surface area contributed by atoms with Crippen molar-refractivity contribution in [1.29, 1.82) is 0 Å². The minimum Gasteiger partial charge on any atom is -0.481 e. The maximum absolute atomic E-state index is 12.6. The Bertz CT molecular complexity index is 506. The molecule has 1 aromatic heterocycles. The summed E-state index contributed by atoms with van der Waals surface area (Å²) >= 11 is 0. The van der Waals surface area contributed by atoms with Gasteiger partial charge in [-0.15, -0.1) is 0 Å². The molecule has 1 aliphatic heterocycles. The van der Waals surface area contributed by atoms with Gasteiger partial charge in [0, 0.05) is 50.0 Å². The molecule has 0 atom stereocenters. The third kappa shape index (κ3) is 3.34. The fourth-order valence-electron chi connectivity index (χ4n) is 3.50. The molecule has 2 heterocycles. The molecule has 0 radical (unpaired) electrons. The van der Waals surface area contributed by atoms with Crippen molar-refractivity contribution in [2.24, 2.45) is 5.92 Å². The van der Waals surface area contributed by atoms with E-state index in [2.05, 4.69) is 14.8 Å². The normalized spacial score (nSPS) is 20.0.